The van der Waals surface area contributed by atoms with Crippen LogP contribution in [0.3, 0.4) is 0 Å². The molecule has 0 saturated carbocycles. The Labute approximate surface area is 176 Å². The van der Waals surface area contributed by atoms with Gasteiger partial charge in [0.2, 0.25) is 0 Å². The topological polar surface area (TPSA) is 107 Å². The summed E-state index contributed by atoms with van der Waals surface area (Å²) in [5, 5.41) is 13.2. The summed E-state index contributed by atoms with van der Waals surface area (Å²) in [4.78, 5) is 25.5. The van der Waals surface area contributed by atoms with E-state index in [4.69, 9.17) is 0 Å². The fourth-order valence-corrected chi connectivity index (χ4v) is 5.08. The molecule has 160 valence electrons. The van der Waals surface area contributed by atoms with E-state index >= 15 is 0 Å². The minimum atomic E-state index is -3.99. The van der Waals surface area contributed by atoms with Gasteiger partial charge in [-0.25, -0.2) is 13.2 Å². The molecule has 30 heavy (non-hydrogen) atoms. The average molecular weight is 432 g/mol. The van der Waals surface area contributed by atoms with Gasteiger partial charge in [0.15, 0.2) is 0 Å². The first kappa shape index (κ1) is 21.8. The quantitative estimate of drug-likeness (QED) is 0.651. The van der Waals surface area contributed by atoms with Crippen molar-refractivity contribution in [3.8, 4) is 0 Å². The number of benzene rings is 2. The molecule has 9 heteroatoms. The number of aliphatic hydroxyl groups is 1. The van der Waals surface area contributed by atoms with E-state index in [1.807, 2.05) is 0 Å². The molecule has 3 amide bonds. The largest absolute Gasteiger partial charge is 0.389 e. The highest BCUT2D eigenvalue weighted by Gasteiger charge is 2.45. The van der Waals surface area contributed by atoms with Gasteiger partial charge in [0.05, 0.1) is 29.8 Å². The standard InChI is InChI=1S/C21H25N3O5S/c1-15-9-7-8-12-18(15)30(28,29)24(16-10-5-4-6-11-16)14-17(25)13-23-19(26)21(2,3)22-20(23)27/h4-12,17,25H,13-14H2,1-3H3,(H,22,27)/t17-/m0/s1. The maximum Gasteiger partial charge on any atom is 0.325 e. The van der Waals surface area contributed by atoms with E-state index in [-0.39, 0.29) is 18.0 Å². The lowest BCUT2D eigenvalue weighted by molar-refractivity contribution is -0.131. The fourth-order valence-electron chi connectivity index (χ4n) is 3.34. The molecule has 0 aliphatic carbocycles. The number of β-amino-alcohol motifs (C(OH)–C–C–N with tert-alkyl or cyclic N) is 1. The Kier molecular flexibility index (Phi) is 5.87. The van der Waals surface area contributed by atoms with Crippen LogP contribution in [0.4, 0.5) is 10.5 Å². The number of anilines is 1. The number of amides is 3. The third-order valence-electron chi connectivity index (χ3n) is 4.92. The molecule has 0 unspecified atom stereocenters. The molecule has 1 fully saturated rings. The van der Waals surface area contributed by atoms with Crippen molar-refractivity contribution >= 4 is 27.6 Å². The predicted molar refractivity (Wildman–Crippen MR) is 112 cm³/mol. The molecule has 0 aromatic heterocycles. The van der Waals surface area contributed by atoms with Gasteiger partial charge in [-0.15, -0.1) is 0 Å². The monoisotopic (exact) mass is 431 g/mol. The number of hydrogen-bond acceptors (Lipinski definition) is 5. The molecular formula is C21H25N3O5S. The summed E-state index contributed by atoms with van der Waals surface area (Å²) < 4.78 is 27.9. The van der Waals surface area contributed by atoms with E-state index in [9.17, 15) is 23.1 Å². The summed E-state index contributed by atoms with van der Waals surface area (Å²) in [6, 6.07) is 14.4. The van der Waals surface area contributed by atoms with Crippen molar-refractivity contribution in [3.05, 3.63) is 60.2 Å². The van der Waals surface area contributed by atoms with Gasteiger partial charge in [-0.1, -0.05) is 36.4 Å². The Balaban J connectivity index is 1.90. The minimum Gasteiger partial charge on any atom is -0.389 e. The highest BCUT2D eigenvalue weighted by Crippen LogP contribution is 2.26. The molecule has 1 aliphatic rings. The number of para-hydroxylation sites is 1. The number of carbonyl (C=O) groups is 2. The minimum absolute atomic E-state index is 0.122. The first-order chi connectivity index (χ1) is 14.0. The van der Waals surface area contributed by atoms with Crippen molar-refractivity contribution in [2.75, 3.05) is 17.4 Å². The molecule has 1 atom stereocenters. The van der Waals surface area contributed by atoms with Crippen LogP contribution in [0.1, 0.15) is 19.4 Å². The zero-order valence-electron chi connectivity index (χ0n) is 17.1. The first-order valence-corrected chi connectivity index (χ1v) is 10.9. The third-order valence-corrected chi connectivity index (χ3v) is 6.87. The van der Waals surface area contributed by atoms with E-state index < -0.39 is 33.6 Å². The van der Waals surface area contributed by atoms with Crippen molar-refractivity contribution in [2.45, 2.75) is 37.3 Å². The molecule has 1 saturated heterocycles. The number of aryl methyl sites for hydroxylation is 1. The number of carbonyl (C=O) groups excluding carboxylic acids is 2. The molecule has 3 rings (SSSR count). The molecule has 2 aromatic rings. The van der Waals surface area contributed by atoms with Crippen molar-refractivity contribution in [2.24, 2.45) is 0 Å². The first-order valence-electron chi connectivity index (χ1n) is 9.49. The summed E-state index contributed by atoms with van der Waals surface area (Å²) in [7, 11) is -3.99. The van der Waals surface area contributed by atoms with Crippen molar-refractivity contribution < 1.29 is 23.1 Å². The second-order valence-corrected chi connectivity index (χ2v) is 9.59. The summed E-state index contributed by atoms with van der Waals surface area (Å²) in [5.74, 6) is -0.473. The van der Waals surface area contributed by atoms with Crippen molar-refractivity contribution in [1.29, 1.82) is 0 Å². The average Bonchev–Trinajstić information content (AvgIpc) is 2.88. The molecular weight excluding hydrogens is 406 g/mol. The van der Waals surface area contributed by atoms with Gasteiger partial charge in [0.25, 0.3) is 15.9 Å². The van der Waals surface area contributed by atoms with Gasteiger partial charge in [-0.2, -0.15) is 0 Å². The predicted octanol–water partition coefficient (Wildman–Crippen LogP) is 1.88. The lowest BCUT2D eigenvalue weighted by Crippen LogP contribution is -2.45. The number of urea groups is 1. The summed E-state index contributed by atoms with van der Waals surface area (Å²) in [6.07, 6.45) is -1.28. The Morgan fingerprint density at radius 1 is 1.07 bits per heavy atom. The van der Waals surface area contributed by atoms with Gasteiger partial charge in [0.1, 0.15) is 5.54 Å². The van der Waals surface area contributed by atoms with E-state index in [1.165, 1.54) is 6.07 Å². The van der Waals surface area contributed by atoms with E-state index in [1.54, 1.807) is 69.3 Å². The van der Waals surface area contributed by atoms with Crippen LogP contribution in [0, 0.1) is 6.92 Å². The van der Waals surface area contributed by atoms with Crippen LogP contribution in [0.5, 0.6) is 0 Å². The number of sulfonamides is 1. The van der Waals surface area contributed by atoms with Gasteiger partial charge in [0, 0.05) is 0 Å². The van der Waals surface area contributed by atoms with Crippen LogP contribution in [-0.4, -0.2) is 55.1 Å². The molecule has 1 heterocycles. The number of hydrogen-bond donors (Lipinski definition) is 2. The Morgan fingerprint density at radius 2 is 1.67 bits per heavy atom. The number of aliphatic hydroxyl groups excluding tert-OH is 1. The number of rotatable bonds is 7. The van der Waals surface area contributed by atoms with Gasteiger partial charge < -0.3 is 10.4 Å². The van der Waals surface area contributed by atoms with E-state index in [0.717, 1.165) is 9.21 Å². The lowest BCUT2D eigenvalue weighted by Gasteiger charge is -2.28. The Hall–Kier alpha value is -2.91. The van der Waals surface area contributed by atoms with Crippen LogP contribution in [-0.2, 0) is 14.8 Å². The number of nitrogens with one attached hydrogen (secondary N) is 1. The van der Waals surface area contributed by atoms with Crippen LogP contribution >= 0.6 is 0 Å². The molecule has 2 aromatic carbocycles. The van der Waals surface area contributed by atoms with Gasteiger partial charge in [-0.05, 0) is 44.5 Å². The molecule has 2 N–H and O–H groups in total. The smallest absolute Gasteiger partial charge is 0.325 e. The summed E-state index contributed by atoms with van der Waals surface area (Å²) >= 11 is 0. The van der Waals surface area contributed by atoms with Gasteiger partial charge >= 0.3 is 6.03 Å². The highest BCUT2D eigenvalue weighted by atomic mass is 32.2. The Bertz CT molecular complexity index is 1050. The second kappa shape index (κ2) is 8.08. The van der Waals surface area contributed by atoms with Crippen molar-refractivity contribution in [1.82, 2.24) is 10.2 Å². The van der Waals surface area contributed by atoms with E-state index in [0.29, 0.717) is 11.3 Å². The molecule has 0 spiro atoms. The normalized spacial score (nSPS) is 17.0. The van der Waals surface area contributed by atoms with Crippen LogP contribution in [0.15, 0.2) is 59.5 Å². The zero-order valence-corrected chi connectivity index (χ0v) is 17.9. The molecule has 1 aliphatic heterocycles. The molecule has 0 radical (unpaired) electrons. The van der Waals surface area contributed by atoms with Crippen molar-refractivity contribution in [3.63, 3.8) is 0 Å². The fraction of sp³-hybridized carbons (Fsp3) is 0.333. The molecule has 0 bridgehead atoms. The van der Waals surface area contributed by atoms with E-state index in [2.05, 4.69) is 5.32 Å². The van der Waals surface area contributed by atoms with Gasteiger partial charge in [-0.3, -0.25) is 14.0 Å². The van der Waals surface area contributed by atoms with Crippen LogP contribution in [0.25, 0.3) is 0 Å². The maximum absolute atomic E-state index is 13.4. The number of nitrogens with zero attached hydrogens (tertiary/aromatic N) is 2. The maximum atomic E-state index is 13.4. The lowest BCUT2D eigenvalue weighted by atomic mass is 10.1. The van der Waals surface area contributed by atoms with Crippen LogP contribution < -0.4 is 9.62 Å². The third kappa shape index (κ3) is 4.17. The highest BCUT2D eigenvalue weighted by molar-refractivity contribution is 7.92. The second-order valence-electron chi connectivity index (χ2n) is 7.76. The number of imide groups is 1. The SMILES string of the molecule is Cc1ccccc1S(=O)(=O)N(C[C@@H](O)CN1C(=O)NC(C)(C)C1=O)c1ccccc1. The Morgan fingerprint density at radius 3 is 2.23 bits per heavy atom. The summed E-state index contributed by atoms with van der Waals surface area (Å²) in [6.45, 7) is 4.19. The van der Waals surface area contributed by atoms with Crippen LogP contribution in [0.2, 0.25) is 0 Å². The summed E-state index contributed by atoms with van der Waals surface area (Å²) in [5.41, 5.74) is -0.121. The molecule has 8 nitrogen and oxygen atoms in total. The zero-order chi connectivity index (χ0) is 22.1.